The first-order valence-electron chi connectivity index (χ1n) is 14.3. The van der Waals surface area contributed by atoms with E-state index >= 15 is 0 Å². The number of carboxylic acid groups (broad SMARTS) is 1. The Balaban J connectivity index is 1.25. The van der Waals surface area contributed by atoms with E-state index in [0.717, 1.165) is 50.7 Å². The Labute approximate surface area is 238 Å². The molecule has 0 aromatic heterocycles. The van der Waals surface area contributed by atoms with Gasteiger partial charge in [0.2, 0.25) is 5.91 Å². The van der Waals surface area contributed by atoms with Crippen LogP contribution >= 0.6 is 0 Å². The van der Waals surface area contributed by atoms with Gasteiger partial charge >= 0.3 is 18.2 Å². The summed E-state index contributed by atoms with van der Waals surface area (Å²) in [7, 11) is 0. The molecule has 222 valence electrons. The van der Waals surface area contributed by atoms with Crippen LogP contribution in [0.15, 0.2) is 48.5 Å². The molecular formula is C31H38F3N3O4. The molecule has 0 saturated heterocycles. The topological polar surface area (TPSA) is 108 Å². The Morgan fingerprint density at radius 3 is 2.22 bits per heavy atom. The first kappa shape index (κ1) is 30.4. The molecule has 4 rings (SSSR count). The van der Waals surface area contributed by atoms with E-state index in [9.17, 15) is 32.7 Å². The van der Waals surface area contributed by atoms with E-state index in [-0.39, 0.29) is 23.4 Å². The maximum absolute atomic E-state index is 12.9. The molecular weight excluding hydrogens is 535 g/mol. The van der Waals surface area contributed by atoms with Crippen LogP contribution in [0.25, 0.3) is 0 Å². The Kier molecular flexibility index (Phi) is 9.60. The van der Waals surface area contributed by atoms with E-state index in [0.29, 0.717) is 29.9 Å². The molecule has 0 aliphatic heterocycles. The maximum Gasteiger partial charge on any atom is 0.416 e. The van der Waals surface area contributed by atoms with Crippen LogP contribution in [0.3, 0.4) is 0 Å². The summed E-state index contributed by atoms with van der Waals surface area (Å²) in [5, 5.41) is 17.1. The lowest BCUT2D eigenvalue weighted by Crippen LogP contribution is -2.45. The molecule has 0 heterocycles. The fourth-order valence-electron chi connectivity index (χ4n) is 6.39. The Morgan fingerprint density at radius 2 is 1.56 bits per heavy atom. The van der Waals surface area contributed by atoms with Gasteiger partial charge in [-0.05, 0) is 104 Å². The van der Waals surface area contributed by atoms with Gasteiger partial charge in [-0.1, -0.05) is 32.0 Å². The van der Waals surface area contributed by atoms with Crippen molar-refractivity contribution in [1.82, 2.24) is 5.32 Å². The fraction of sp³-hybridized carbons (Fsp3) is 0.516. The van der Waals surface area contributed by atoms with Gasteiger partial charge in [-0.25, -0.2) is 9.59 Å². The number of aliphatic carboxylic acids is 1. The maximum atomic E-state index is 12.9. The zero-order valence-corrected chi connectivity index (χ0v) is 23.3. The van der Waals surface area contributed by atoms with Crippen molar-refractivity contribution >= 4 is 29.3 Å². The van der Waals surface area contributed by atoms with Crippen molar-refractivity contribution in [3.05, 3.63) is 59.7 Å². The zero-order chi connectivity index (χ0) is 29.7. The summed E-state index contributed by atoms with van der Waals surface area (Å²) >= 11 is 0. The number of carbonyl (C=O) groups is 3. The highest BCUT2D eigenvalue weighted by molar-refractivity contribution is 5.99. The lowest BCUT2D eigenvalue weighted by Gasteiger charge is -2.42. The van der Waals surface area contributed by atoms with Gasteiger partial charge in [-0.2, -0.15) is 13.2 Å². The van der Waals surface area contributed by atoms with Gasteiger partial charge in [-0.3, -0.25) is 4.79 Å². The van der Waals surface area contributed by atoms with E-state index in [2.05, 4.69) is 16.0 Å². The van der Waals surface area contributed by atoms with Crippen LogP contribution in [0.5, 0.6) is 0 Å². The molecule has 10 heteroatoms. The zero-order valence-electron chi connectivity index (χ0n) is 23.3. The van der Waals surface area contributed by atoms with Crippen molar-refractivity contribution in [2.75, 3.05) is 10.6 Å². The van der Waals surface area contributed by atoms with Crippen molar-refractivity contribution in [3.63, 3.8) is 0 Å². The lowest BCUT2D eigenvalue weighted by molar-refractivity contribution is -0.143. The second kappa shape index (κ2) is 13.0. The van der Waals surface area contributed by atoms with Crippen molar-refractivity contribution < 1.29 is 32.7 Å². The molecule has 7 nitrogen and oxygen atoms in total. The van der Waals surface area contributed by atoms with Crippen LogP contribution in [0.1, 0.15) is 75.8 Å². The number of benzene rings is 2. The smallest absolute Gasteiger partial charge is 0.416 e. The fourth-order valence-corrected chi connectivity index (χ4v) is 6.39. The van der Waals surface area contributed by atoms with Crippen LogP contribution in [0.4, 0.5) is 29.3 Å². The van der Waals surface area contributed by atoms with Crippen molar-refractivity contribution in [1.29, 1.82) is 0 Å². The second-order valence-electron chi connectivity index (χ2n) is 11.8. The van der Waals surface area contributed by atoms with Gasteiger partial charge in [-0.15, -0.1) is 0 Å². The molecule has 5 atom stereocenters. The summed E-state index contributed by atoms with van der Waals surface area (Å²) in [6.07, 6.45) is 2.09. The summed E-state index contributed by atoms with van der Waals surface area (Å²) in [5.74, 6) is 0.491. The number of rotatable bonds is 8. The minimum Gasteiger partial charge on any atom is -0.480 e. The van der Waals surface area contributed by atoms with Crippen LogP contribution in [0, 0.1) is 23.7 Å². The summed E-state index contributed by atoms with van der Waals surface area (Å²) < 4.78 is 38.8. The van der Waals surface area contributed by atoms with Crippen LogP contribution in [-0.2, 0) is 15.8 Å². The molecule has 0 bridgehead atoms. The first-order chi connectivity index (χ1) is 19.4. The number of anilines is 2. The van der Waals surface area contributed by atoms with Crippen molar-refractivity contribution in [2.24, 2.45) is 23.7 Å². The number of carboxylic acids is 1. The molecule has 0 spiro atoms. The predicted octanol–water partition coefficient (Wildman–Crippen LogP) is 7.26. The summed E-state index contributed by atoms with van der Waals surface area (Å²) in [6, 6.07) is 10.6. The third kappa shape index (κ3) is 8.24. The predicted molar refractivity (Wildman–Crippen MR) is 150 cm³/mol. The molecule has 2 aromatic rings. The molecule has 2 saturated carbocycles. The summed E-state index contributed by atoms with van der Waals surface area (Å²) in [5.41, 5.74) is 0.973. The molecule has 4 N–H and O–H groups in total. The molecule has 0 radical (unpaired) electrons. The van der Waals surface area contributed by atoms with Gasteiger partial charge in [0, 0.05) is 17.8 Å². The number of hydrogen-bond donors (Lipinski definition) is 4. The molecule has 2 aliphatic rings. The number of alkyl halides is 3. The van der Waals surface area contributed by atoms with E-state index in [1.807, 2.05) is 24.3 Å². The third-order valence-electron chi connectivity index (χ3n) is 8.53. The van der Waals surface area contributed by atoms with E-state index in [4.69, 9.17) is 0 Å². The van der Waals surface area contributed by atoms with Gasteiger partial charge in [0.05, 0.1) is 5.56 Å². The highest BCUT2D eigenvalue weighted by Gasteiger charge is 2.37. The highest BCUT2D eigenvalue weighted by atomic mass is 19.4. The molecule has 2 fully saturated rings. The van der Waals surface area contributed by atoms with Gasteiger partial charge in [0.1, 0.15) is 6.04 Å². The Bertz CT molecular complexity index is 1230. The standard InChI is InChI=1S/C31H38F3N3O4/c1-18(2)28(29(39)40)37-27(38)15-19-6-7-23-16-22(9-8-21(23)14-19)20-10-12-25(13-11-20)35-30(41)36-26-5-3-4-24(17-26)31(32,33)34/h3-5,10-13,17-19,21-23,28H,6-9,14-16H2,1-2H3,(H,37,38)(H,39,40)(H2,35,36,41)/t19?,21?,22?,23?,28-/m0/s1. The van der Waals surface area contributed by atoms with Gasteiger partial charge in [0.25, 0.3) is 0 Å². The first-order valence-corrected chi connectivity index (χ1v) is 14.3. The summed E-state index contributed by atoms with van der Waals surface area (Å²) in [4.78, 5) is 36.3. The normalized spacial score (nSPS) is 23.3. The molecule has 2 aliphatic carbocycles. The highest BCUT2D eigenvalue weighted by Crippen LogP contribution is 2.48. The monoisotopic (exact) mass is 573 g/mol. The number of hydrogen-bond acceptors (Lipinski definition) is 3. The second-order valence-corrected chi connectivity index (χ2v) is 11.8. The number of carbonyl (C=O) groups excluding carboxylic acids is 2. The minimum atomic E-state index is -4.49. The number of halogens is 3. The number of fused-ring (bicyclic) bond motifs is 1. The molecule has 4 unspecified atom stereocenters. The average Bonchev–Trinajstić information content (AvgIpc) is 2.91. The third-order valence-corrected chi connectivity index (χ3v) is 8.53. The minimum absolute atomic E-state index is 0.0565. The van der Waals surface area contributed by atoms with E-state index in [1.54, 1.807) is 13.8 Å². The number of amides is 3. The number of nitrogens with one attached hydrogen (secondary N) is 3. The van der Waals surface area contributed by atoms with Gasteiger partial charge in [0.15, 0.2) is 0 Å². The Morgan fingerprint density at radius 1 is 0.902 bits per heavy atom. The van der Waals surface area contributed by atoms with Crippen LogP contribution in [0.2, 0.25) is 0 Å². The SMILES string of the molecule is CC(C)[C@H](NC(=O)CC1CCC2CC(c3ccc(NC(=O)Nc4cccc(C(F)(F)F)c4)cc3)CCC2C1)C(=O)O. The largest absolute Gasteiger partial charge is 0.480 e. The van der Waals surface area contributed by atoms with Crippen molar-refractivity contribution in [3.8, 4) is 0 Å². The van der Waals surface area contributed by atoms with E-state index in [1.165, 1.54) is 17.7 Å². The molecule has 3 amide bonds. The van der Waals surface area contributed by atoms with Crippen LogP contribution in [-0.4, -0.2) is 29.1 Å². The summed E-state index contributed by atoms with van der Waals surface area (Å²) in [6.45, 7) is 3.57. The van der Waals surface area contributed by atoms with Gasteiger partial charge < -0.3 is 21.1 Å². The van der Waals surface area contributed by atoms with Crippen molar-refractivity contribution in [2.45, 2.75) is 76.9 Å². The molecule has 2 aromatic carbocycles. The van der Waals surface area contributed by atoms with Crippen LogP contribution < -0.4 is 16.0 Å². The molecule has 41 heavy (non-hydrogen) atoms. The lowest BCUT2D eigenvalue weighted by atomic mass is 9.63. The van der Waals surface area contributed by atoms with E-state index < -0.39 is 29.8 Å². The quantitative estimate of drug-likeness (QED) is 0.266. The Hall–Kier alpha value is -3.56. The number of urea groups is 1. The average molecular weight is 574 g/mol.